The van der Waals surface area contributed by atoms with Gasteiger partial charge in [-0.05, 0) is 43.9 Å². The van der Waals surface area contributed by atoms with Crippen molar-refractivity contribution in [3.8, 4) is 0 Å². The number of rotatable bonds is 4. The van der Waals surface area contributed by atoms with E-state index in [-0.39, 0.29) is 34.7 Å². The van der Waals surface area contributed by atoms with Crippen LogP contribution in [0, 0.1) is 5.92 Å². The Kier molecular flexibility index (Phi) is 4.44. The van der Waals surface area contributed by atoms with Gasteiger partial charge in [-0.3, -0.25) is 14.5 Å². The van der Waals surface area contributed by atoms with Gasteiger partial charge in [0.25, 0.3) is 0 Å². The van der Waals surface area contributed by atoms with E-state index in [0.717, 1.165) is 7.05 Å². The van der Waals surface area contributed by atoms with Gasteiger partial charge in [0.05, 0.1) is 0 Å². The van der Waals surface area contributed by atoms with Crippen LogP contribution in [0.2, 0.25) is 10.0 Å². The van der Waals surface area contributed by atoms with Crippen LogP contribution >= 0.6 is 23.2 Å². The summed E-state index contributed by atoms with van der Waals surface area (Å²) >= 11 is 12.0. The van der Waals surface area contributed by atoms with Crippen molar-refractivity contribution in [3.05, 3.63) is 28.2 Å². The molecule has 0 aliphatic heterocycles. The van der Waals surface area contributed by atoms with Crippen molar-refractivity contribution >= 4 is 40.7 Å². The van der Waals surface area contributed by atoms with Gasteiger partial charge < -0.3 is 4.90 Å². The fourth-order valence-electron chi connectivity index (χ4n) is 2.95. The smallest absolute Gasteiger partial charge is 0.314 e. The van der Waals surface area contributed by atoms with Crippen LogP contribution in [0.5, 0.6) is 0 Å². The van der Waals surface area contributed by atoms with E-state index in [9.17, 15) is 22.8 Å². The maximum absolute atomic E-state index is 12.9. The first-order valence-electron chi connectivity index (χ1n) is 7.71. The van der Waals surface area contributed by atoms with Crippen molar-refractivity contribution < 1.29 is 22.8 Å². The number of carbonyl (C=O) groups is 2. The lowest BCUT2D eigenvalue weighted by Gasteiger charge is -2.39. The fraction of sp³-hybridized carbons (Fsp3) is 0.500. The zero-order chi connectivity index (χ0) is 18.6. The fourth-order valence-corrected chi connectivity index (χ4v) is 3.47. The molecule has 2 amide bonds. The first-order valence-corrected chi connectivity index (χ1v) is 8.47. The molecule has 2 fully saturated rings. The Balaban J connectivity index is 2.02. The SMILES string of the molecule is CN(C(=O)C(F)(F)F)C1(N(C(=O)C2CC2)c2cc(Cl)cc(Cl)c2)CC1. The van der Waals surface area contributed by atoms with Crippen molar-refractivity contribution in [2.24, 2.45) is 5.92 Å². The molecule has 1 aromatic carbocycles. The molecule has 0 aromatic heterocycles. The molecule has 0 unspecified atom stereocenters. The Bertz CT molecular complexity index is 710. The minimum absolute atomic E-state index is 0.246. The van der Waals surface area contributed by atoms with Crippen LogP contribution in [0.3, 0.4) is 0 Å². The molecule has 2 aliphatic rings. The lowest BCUT2D eigenvalue weighted by Crippen LogP contribution is -2.57. The molecule has 4 nitrogen and oxygen atoms in total. The molecule has 0 radical (unpaired) electrons. The summed E-state index contributed by atoms with van der Waals surface area (Å²) in [5, 5.41) is 0.522. The van der Waals surface area contributed by atoms with Crippen LogP contribution in [0.1, 0.15) is 25.7 Å². The number of carbonyl (C=O) groups excluding carboxylic acids is 2. The van der Waals surface area contributed by atoms with Crippen molar-refractivity contribution in [3.63, 3.8) is 0 Å². The summed E-state index contributed by atoms with van der Waals surface area (Å²) in [4.78, 5) is 26.4. The van der Waals surface area contributed by atoms with Crippen LogP contribution in [0.4, 0.5) is 18.9 Å². The lowest BCUT2D eigenvalue weighted by molar-refractivity contribution is -0.187. The second kappa shape index (κ2) is 6.06. The standard InChI is InChI=1S/C16H15Cl2F3N2O2/c1-22(14(25)16(19,20)21)15(4-5-15)23(13(24)9-2-3-9)12-7-10(17)6-11(18)8-12/h6-9H,2-5H2,1H3. The molecule has 0 bridgehead atoms. The molecule has 25 heavy (non-hydrogen) atoms. The van der Waals surface area contributed by atoms with Gasteiger partial charge >= 0.3 is 12.1 Å². The first-order chi connectivity index (χ1) is 11.6. The molecule has 0 N–H and O–H groups in total. The average Bonchev–Trinajstić information content (AvgIpc) is 3.36. The molecule has 3 rings (SSSR count). The number of benzene rings is 1. The van der Waals surface area contributed by atoms with Gasteiger partial charge in [-0.25, -0.2) is 0 Å². The number of hydrogen-bond donors (Lipinski definition) is 0. The van der Waals surface area contributed by atoms with Crippen LogP contribution in [0.15, 0.2) is 18.2 Å². The van der Waals surface area contributed by atoms with Crippen LogP contribution < -0.4 is 4.90 Å². The minimum atomic E-state index is -5.01. The van der Waals surface area contributed by atoms with Crippen LogP contribution in [0.25, 0.3) is 0 Å². The van der Waals surface area contributed by atoms with Gasteiger partial charge in [-0.15, -0.1) is 0 Å². The third kappa shape index (κ3) is 3.44. The minimum Gasteiger partial charge on any atom is -0.314 e. The maximum Gasteiger partial charge on any atom is 0.471 e. The topological polar surface area (TPSA) is 40.6 Å². The number of amides is 2. The third-order valence-electron chi connectivity index (χ3n) is 4.54. The molecule has 0 saturated heterocycles. The molecular formula is C16H15Cl2F3N2O2. The van der Waals surface area contributed by atoms with E-state index in [4.69, 9.17) is 23.2 Å². The van der Waals surface area contributed by atoms with E-state index < -0.39 is 17.7 Å². The molecular weight excluding hydrogens is 380 g/mol. The van der Waals surface area contributed by atoms with Gasteiger partial charge in [-0.2, -0.15) is 13.2 Å². The molecule has 0 atom stereocenters. The van der Waals surface area contributed by atoms with Gasteiger partial charge in [-0.1, -0.05) is 23.2 Å². The highest BCUT2D eigenvalue weighted by atomic mass is 35.5. The second-order valence-electron chi connectivity index (χ2n) is 6.42. The number of hydrogen-bond acceptors (Lipinski definition) is 2. The van der Waals surface area contributed by atoms with E-state index in [1.807, 2.05) is 0 Å². The van der Waals surface area contributed by atoms with Crippen LogP contribution in [-0.4, -0.2) is 35.6 Å². The summed E-state index contributed by atoms with van der Waals surface area (Å²) in [5.74, 6) is -2.53. The number of nitrogens with zero attached hydrogens (tertiary/aromatic N) is 2. The Hall–Kier alpha value is -1.47. The highest BCUT2D eigenvalue weighted by Gasteiger charge is 2.60. The Morgan fingerprint density at radius 1 is 1.12 bits per heavy atom. The summed E-state index contributed by atoms with van der Waals surface area (Å²) in [7, 11) is 1.07. The van der Waals surface area contributed by atoms with E-state index in [1.165, 1.54) is 23.1 Å². The summed E-state index contributed by atoms with van der Waals surface area (Å²) in [6.07, 6.45) is -3.14. The van der Waals surface area contributed by atoms with Gasteiger partial charge in [0.2, 0.25) is 5.91 Å². The zero-order valence-electron chi connectivity index (χ0n) is 13.2. The first kappa shape index (κ1) is 18.3. The summed E-state index contributed by atoms with van der Waals surface area (Å²) in [6, 6.07) is 4.41. The molecule has 2 saturated carbocycles. The van der Waals surface area contributed by atoms with Gasteiger partial charge in [0.1, 0.15) is 5.66 Å². The normalized spacial score (nSPS) is 18.6. The van der Waals surface area contributed by atoms with Gasteiger partial charge in [0.15, 0.2) is 0 Å². The predicted molar refractivity (Wildman–Crippen MR) is 87.5 cm³/mol. The second-order valence-corrected chi connectivity index (χ2v) is 7.29. The van der Waals surface area contributed by atoms with E-state index in [0.29, 0.717) is 23.4 Å². The van der Waals surface area contributed by atoms with Crippen molar-refractivity contribution in [1.29, 1.82) is 0 Å². The van der Waals surface area contributed by atoms with Crippen LogP contribution in [-0.2, 0) is 9.59 Å². The van der Waals surface area contributed by atoms with E-state index in [1.54, 1.807) is 0 Å². The predicted octanol–water partition coefficient (Wildman–Crippen LogP) is 4.25. The Morgan fingerprint density at radius 3 is 2.04 bits per heavy atom. The third-order valence-corrected chi connectivity index (χ3v) is 4.97. The molecule has 0 heterocycles. The van der Waals surface area contributed by atoms with Gasteiger partial charge in [0, 0.05) is 28.7 Å². The molecule has 0 spiro atoms. The van der Waals surface area contributed by atoms with Crippen molar-refractivity contribution in [2.45, 2.75) is 37.5 Å². The molecule has 1 aromatic rings. The summed E-state index contributed by atoms with van der Waals surface area (Å²) < 4.78 is 38.7. The molecule has 9 heteroatoms. The quantitative estimate of drug-likeness (QED) is 0.716. The summed E-state index contributed by atoms with van der Waals surface area (Å²) in [5.41, 5.74) is -1.03. The maximum atomic E-state index is 12.9. The highest BCUT2D eigenvalue weighted by Crippen LogP contribution is 2.50. The lowest BCUT2D eigenvalue weighted by atomic mass is 10.2. The number of halogens is 5. The van der Waals surface area contributed by atoms with E-state index >= 15 is 0 Å². The molecule has 136 valence electrons. The summed E-state index contributed by atoms with van der Waals surface area (Å²) in [6.45, 7) is 0. The average molecular weight is 395 g/mol. The Morgan fingerprint density at radius 2 is 1.64 bits per heavy atom. The van der Waals surface area contributed by atoms with Crippen molar-refractivity contribution in [1.82, 2.24) is 4.90 Å². The van der Waals surface area contributed by atoms with Crippen molar-refractivity contribution in [2.75, 3.05) is 11.9 Å². The Labute approximate surface area is 152 Å². The molecule has 2 aliphatic carbocycles. The number of alkyl halides is 3. The van der Waals surface area contributed by atoms with E-state index in [2.05, 4.69) is 0 Å². The largest absolute Gasteiger partial charge is 0.471 e. The number of anilines is 1. The highest BCUT2D eigenvalue weighted by molar-refractivity contribution is 6.35. The zero-order valence-corrected chi connectivity index (χ0v) is 14.8. The monoisotopic (exact) mass is 394 g/mol.